The molecule has 2 amide bonds. The van der Waals surface area contributed by atoms with Crippen LogP contribution in [0.15, 0.2) is 23.3 Å². The van der Waals surface area contributed by atoms with Gasteiger partial charge in [-0.1, -0.05) is 0 Å². The van der Waals surface area contributed by atoms with E-state index in [1.165, 1.54) is 19.2 Å². The lowest BCUT2D eigenvalue weighted by Gasteiger charge is -2.19. The molecule has 0 aliphatic carbocycles. The average Bonchev–Trinajstić information content (AvgIpc) is 2.41. The summed E-state index contributed by atoms with van der Waals surface area (Å²) in [5.74, 6) is -1.54. The van der Waals surface area contributed by atoms with Crippen molar-refractivity contribution in [3.05, 3.63) is 29.3 Å². The van der Waals surface area contributed by atoms with Gasteiger partial charge in [-0.3, -0.25) is 9.59 Å². The molecule has 1 aromatic rings. The monoisotopic (exact) mass is 289 g/mol. The third-order valence-electron chi connectivity index (χ3n) is 3.18. The molecule has 1 aromatic carbocycles. The summed E-state index contributed by atoms with van der Waals surface area (Å²) in [6, 6.07) is 4.54. The van der Waals surface area contributed by atoms with Crippen LogP contribution in [0, 0.1) is 6.92 Å². The van der Waals surface area contributed by atoms with Crippen LogP contribution in [-0.2, 0) is 9.59 Å². The third-order valence-corrected chi connectivity index (χ3v) is 3.18. The fraction of sp³-hybridized carbons (Fsp3) is 0.286. The molecule has 1 aliphatic rings. The lowest BCUT2D eigenvalue weighted by Crippen LogP contribution is -2.34. The minimum absolute atomic E-state index is 0.131. The second kappa shape index (κ2) is 5.74. The Bertz CT molecular complexity index is 652. The number of anilines is 1. The van der Waals surface area contributed by atoms with Gasteiger partial charge in [0.05, 0.1) is 5.56 Å². The molecule has 0 bridgehead atoms. The number of carboxylic acids is 1. The second-order valence-electron chi connectivity index (χ2n) is 4.75. The van der Waals surface area contributed by atoms with Crippen LogP contribution in [0.5, 0.6) is 0 Å². The van der Waals surface area contributed by atoms with Crippen molar-refractivity contribution < 1.29 is 19.5 Å². The number of aromatic carboxylic acids is 1. The summed E-state index contributed by atoms with van der Waals surface area (Å²) in [7, 11) is 1.50. The molecule has 0 unspecified atom stereocenters. The number of hydrazone groups is 1. The lowest BCUT2D eigenvalue weighted by atomic mass is 10.1. The van der Waals surface area contributed by atoms with Crippen molar-refractivity contribution in [2.45, 2.75) is 19.8 Å². The molecule has 2 N–H and O–H groups in total. The topological polar surface area (TPSA) is 99.1 Å². The van der Waals surface area contributed by atoms with E-state index in [-0.39, 0.29) is 23.6 Å². The number of benzene rings is 1. The molecule has 0 saturated carbocycles. The van der Waals surface area contributed by atoms with Gasteiger partial charge in [-0.25, -0.2) is 9.80 Å². The van der Waals surface area contributed by atoms with Crippen molar-refractivity contribution in [1.82, 2.24) is 5.01 Å². The zero-order valence-electron chi connectivity index (χ0n) is 11.7. The Morgan fingerprint density at radius 3 is 2.62 bits per heavy atom. The molecule has 21 heavy (non-hydrogen) atoms. The summed E-state index contributed by atoms with van der Waals surface area (Å²) in [5.41, 5.74) is 1.51. The molecular weight excluding hydrogens is 274 g/mol. The molecule has 1 aliphatic heterocycles. The SMILES string of the molecule is Cc1cc(NC(=O)C2=NN(C)C(=O)CC2)ccc1C(=O)O. The van der Waals surface area contributed by atoms with Gasteiger partial charge in [0.1, 0.15) is 5.71 Å². The predicted molar refractivity (Wildman–Crippen MR) is 76.2 cm³/mol. The Morgan fingerprint density at radius 2 is 2.05 bits per heavy atom. The zero-order chi connectivity index (χ0) is 15.6. The van der Waals surface area contributed by atoms with Gasteiger partial charge in [0.15, 0.2) is 0 Å². The lowest BCUT2D eigenvalue weighted by molar-refractivity contribution is -0.130. The first-order valence-electron chi connectivity index (χ1n) is 6.38. The van der Waals surface area contributed by atoms with Gasteiger partial charge in [0.25, 0.3) is 5.91 Å². The van der Waals surface area contributed by atoms with E-state index in [9.17, 15) is 14.4 Å². The summed E-state index contributed by atoms with van der Waals surface area (Å²) < 4.78 is 0. The number of carbonyl (C=O) groups is 3. The van der Waals surface area contributed by atoms with Crippen LogP contribution in [0.4, 0.5) is 5.69 Å². The van der Waals surface area contributed by atoms with Crippen molar-refractivity contribution >= 4 is 29.2 Å². The highest BCUT2D eigenvalue weighted by atomic mass is 16.4. The summed E-state index contributed by atoms with van der Waals surface area (Å²) >= 11 is 0. The first-order chi connectivity index (χ1) is 9.88. The molecule has 110 valence electrons. The van der Waals surface area contributed by atoms with Crippen LogP contribution in [0.3, 0.4) is 0 Å². The van der Waals surface area contributed by atoms with Crippen LogP contribution in [0.2, 0.25) is 0 Å². The molecule has 0 radical (unpaired) electrons. The smallest absolute Gasteiger partial charge is 0.335 e. The third kappa shape index (κ3) is 3.25. The van der Waals surface area contributed by atoms with E-state index in [1.807, 2.05) is 0 Å². The van der Waals surface area contributed by atoms with Crippen molar-refractivity contribution in [3.8, 4) is 0 Å². The number of rotatable bonds is 3. The average molecular weight is 289 g/mol. The fourth-order valence-electron chi connectivity index (χ4n) is 2.02. The second-order valence-corrected chi connectivity index (χ2v) is 4.75. The molecule has 0 spiro atoms. The molecule has 7 heteroatoms. The Morgan fingerprint density at radius 1 is 1.33 bits per heavy atom. The van der Waals surface area contributed by atoms with Gasteiger partial charge in [0.2, 0.25) is 5.91 Å². The van der Waals surface area contributed by atoms with E-state index in [0.29, 0.717) is 17.7 Å². The quantitative estimate of drug-likeness (QED) is 0.874. The van der Waals surface area contributed by atoms with E-state index >= 15 is 0 Å². The zero-order valence-corrected chi connectivity index (χ0v) is 11.7. The molecule has 1 heterocycles. The van der Waals surface area contributed by atoms with Gasteiger partial charge in [-0.05, 0) is 30.7 Å². The number of carbonyl (C=O) groups excluding carboxylic acids is 2. The van der Waals surface area contributed by atoms with E-state index in [4.69, 9.17) is 5.11 Å². The van der Waals surface area contributed by atoms with E-state index < -0.39 is 11.9 Å². The molecule has 0 saturated heterocycles. The minimum atomic E-state index is -1.01. The number of hydrogen-bond acceptors (Lipinski definition) is 4. The van der Waals surface area contributed by atoms with Gasteiger partial charge >= 0.3 is 5.97 Å². The Kier molecular flexibility index (Phi) is 4.02. The predicted octanol–water partition coefficient (Wildman–Crippen LogP) is 1.24. The van der Waals surface area contributed by atoms with Crippen LogP contribution in [0.1, 0.15) is 28.8 Å². The molecule has 0 aromatic heterocycles. The Labute approximate surface area is 121 Å². The number of aryl methyl sites for hydroxylation is 1. The molecule has 7 nitrogen and oxygen atoms in total. The number of nitrogens with one attached hydrogen (secondary N) is 1. The largest absolute Gasteiger partial charge is 0.478 e. The van der Waals surface area contributed by atoms with Crippen LogP contribution in [-0.4, -0.2) is 40.7 Å². The molecule has 0 fully saturated rings. The molecular formula is C14H15N3O4. The Balaban J connectivity index is 2.13. The van der Waals surface area contributed by atoms with Gasteiger partial charge in [-0.15, -0.1) is 0 Å². The normalized spacial score (nSPS) is 14.7. The summed E-state index contributed by atoms with van der Waals surface area (Å²) in [6.07, 6.45) is 0.543. The summed E-state index contributed by atoms with van der Waals surface area (Å²) in [6.45, 7) is 1.66. The first-order valence-corrected chi connectivity index (χ1v) is 6.38. The van der Waals surface area contributed by atoms with Crippen molar-refractivity contribution in [3.63, 3.8) is 0 Å². The Hall–Kier alpha value is -2.70. The van der Waals surface area contributed by atoms with Gasteiger partial charge < -0.3 is 10.4 Å². The maximum absolute atomic E-state index is 12.1. The number of hydrogen-bond donors (Lipinski definition) is 2. The maximum atomic E-state index is 12.1. The number of carboxylic acid groups (broad SMARTS) is 1. The van der Waals surface area contributed by atoms with Crippen molar-refractivity contribution in [2.24, 2.45) is 5.10 Å². The highest BCUT2D eigenvalue weighted by Crippen LogP contribution is 2.16. The highest BCUT2D eigenvalue weighted by molar-refractivity contribution is 6.43. The van der Waals surface area contributed by atoms with Crippen LogP contribution < -0.4 is 5.32 Å². The summed E-state index contributed by atoms with van der Waals surface area (Å²) in [4.78, 5) is 34.3. The first kappa shape index (κ1) is 14.7. The number of amides is 2. The van der Waals surface area contributed by atoms with E-state index in [2.05, 4.69) is 10.4 Å². The van der Waals surface area contributed by atoms with E-state index in [0.717, 1.165) is 5.01 Å². The van der Waals surface area contributed by atoms with Crippen molar-refractivity contribution in [1.29, 1.82) is 0 Å². The maximum Gasteiger partial charge on any atom is 0.335 e. The van der Waals surface area contributed by atoms with Gasteiger partial charge in [-0.2, -0.15) is 5.10 Å². The minimum Gasteiger partial charge on any atom is -0.478 e. The molecule has 0 atom stereocenters. The molecule has 2 rings (SSSR count). The van der Waals surface area contributed by atoms with Gasteiger partial charge in [0, 0.05) is 25.6 Å². The van der Waals surface area contributed by atoms with Crippen molar-refractivity contribution in [2.75, 3.05) is 12.4 Å². The highest BCUT2D eigenvalue weighted by Gasteiger charge is 2.22. The number of nitrogens with zero attached hydrogens (tertiary/aromatic N) is 2. The van der Waals surface area contributed by atoms with Crippen LogP contribution in [0.25, 0.3) is 0 Å². The van der Waals surface area contributed by atoms with E-state index in [1.54, 1.807) is 13.0 Å². The van der Waals surface area contributed by atoms with Crippen LogP contribution >= 0.6 is 0 Å². The summed E-state index contributed by atoms with van der Waals surface area (Å²) in [5, 5.41) is 16.7. The fourth-order valence-corrected chi connectivity index (χ4v) is 2.02. The standard InChI is InChI=1S/C14H15N3O4/c1-8-7-9(3-4-10(8)14(20)21)15-13(19)11-5-6-12(18)17(2)16-11/h3-4,7H,5-6H2,1-2H3,(H,15,19)(H,20,21).